The molecule has 2 aliphatic rings. The number of benzene rings is 3. The Morgan fingerprint density at radius 3 is 2.50 bits per heavy atom. The summed E-state index contributed by atoms with van der Waals surface area (Å²) < 4.78 is 18.8. The lowest BCUT2D eigenvalue weighted by atomic mass is 9.79. The number of anilines is 1. The maximum absolute atomic E-state index is 13.7. The number of methoxy groups -OCH3 is 1. The van der Waals surface area contributed by atoms with E-state index in [4.69, 9.17) is 4.74 Å². The van der Waals surface area contributed by atoms with Crippen LogP contribution >= 0.6 is 0 Å². The fraction of sp³-hybridized carbons (Fsp3) is 0.231. The highest BCUT2D eigenvalue weighted by Gasteiger charge is 2.49. The summed E-state index contributed by atoms with van der Waals surface area (Å²) in [6, 6.07) is 20.2. The van der Waals surface area contributed by atoms with E-state index in [1.165, 1.54) is 24.3 Å². The van der Waals surface area contributed by atoms with Gasteiger partial charge >= 0.3 is 0 Å². The van der Waals surface area contributed by atoms with Gasteiger partial charge in [-0.05, 0) is 66.4 Å². The minimum Gasteiger partial charge on any atom is -0.497 e. The van der Waals surface area contributed by atoms with Gasteiger partial charge < -0.3 is 15.0 Å². The summed E-state index contributed by atoms with van der Waals surface area (Å²) in [5, 5.41) is 2.93. The maximum Gasteiger partial charge on any atom is 0.254 e. The summed E-state index contributed by atoms with van der Waals surface area (Å²) in [4.78, 5) is 29.1. The Labute approximate surface area is 185 Å². The molecule has 2 amide bonds. The van der Waals surface area contributed by atoms with Crippen LogP contribution in [0.15, 0.2) is 72.8 Å². The molecule has 6 heteroatoms. The predicted molar refractivity (Wildman–Crippen MR) is 119 cm³/mol. The average molecular weight is 430 g/mol. The molecular formula is C26H23FN2O3. The molecule has 2 atom stereocenters. The van der Waals surface area contributed by atoms with Gasteiger partial charge in [0.1, 0.15) is 11.6 Å². The molecule has 1 N–H and O–H groups in total. The highest BCUT2D eigenvalue weighted by molar-refractivity contribution is 6.04. The molecule has 32 heavy (non-hydrogen) atoms. The number of fused-ring (bicyclic) bond motifs is 1. The molecule has 0 saturated heterocycles. The third-order valence-corrected chi connectivity index (χ3v) is 6.15. The van der Waals surface area contributed by atoms with E-state index in [1.807, 2.05) is 47.4 Å². The molecule has 3 aromatic rings. The Morgan fingerprint density at radius 1 is 1.03 bits per heavy atom. The third kappa shape index (κ3) is 3.62. The lowest BCUT2D eigenvalue weighted by Gasteiger charge is -2.42. The SMILES string of the molecule is COc1cccc([C@@H]2[C@@H](C(=O)Nc3ccc(F)cc3)c3ccccc3C(=O)N2C2CC2)c1. The zero-order valence-electron chi connectivity index (χ0n) is 17.6. The Balaban J connectivity index is 1.63. The van der Waals surface area contributed by atoms with E-state index in [-0.39, 0.29) is 23.7 Å². The van der Waals surface area contributed by atoms with Crippen molar-refractivity contribution >= 4 is 17.5 Å². The first kappa shape index (κ1) is 20.2. The van der Waals surface area contributed by atoms with Crippen LogP contribution in [0.1, 0.15) is 46.3 Å². The smallest absolute Gasteiger partial charge is 0.254 e. The second-order valence-corrected chi connectivity index (χ2v) is 8.23. The van der Waals surface area contributed by atoms with Crippen molar-refractivity contribution in [1.29, 1.82) is 0 Å². The summed E-state index contributed by atoms with van der Waals surface area (Å²) in [5.74, 6) is -0.619. The van der Waals surface area contributed by atoms with Gasteiger partial charge in [0.2, 0.25) is 5.91 Å². The van der Waals surface area contributed by atoms with Crippen molar-refractivity contribution in [2.24, 2.45) is 0 Å². The molecule has 1 aliphatic heterocycles. The molecule has 0 aromatic heterocycles. The van der Waals surface area contributed by atoms with Gasteiger partial charge in [0, 0.05) is 17.3 Å². The standard InChI is InChI=1S/C26H23FN2O3/c1-32-20-6-4-5-16(15-20)24-23(25(30)28-18-11-9-17(27)10-12-18)21-7-2-3-8-22(21)26(31)29(24)19-13-14-19/h2-12,15,19,23-24H,13-14H2,1H3,(H,28,30)/t23-,24+/m0/s1. The van der Waals surface area contributed by atoms with Crippen LogP contribution in [0.5, 0.6) is 5.75 Å². The average Bonchev–Trinajstić information content (AvgIpc) is 3.65. The molecule has 1 saturated carbocycles. The molecule has 1 aliphatic carbocycles. The van der Waals surface area contributed by atoms with E-state index < -0.39 is 12.0 Å². The van der Waals surface area contributed by atoms with Gasteiger partial charge in [0.05, 0.1) is 19.1 Å². The molecule has 0 spiro atoms. The first-order valence-electron chi connectivity index (χ1n) is 10.7. The number of carbonyl (C=O) groups is 2. The zero-order valence-corrected chi connectivity index (χ0v) is 17.6. The van der Waals surface area contributed by atoms with Crippen molar-refractivity contribution in [1.82, 2.24) is 4.90 Å². The van der Waals surface area contributed by atoms with Gasteiger partial charge in [0.15, 0.2) is 0 Å². The molecule has 0 unspecified atom stereocenters. The first-order valence-corrected chi connectivity index (χ1v) is 10.7. The third-order valence-electron chi connectivity index (χ3n) is 6.15. The van der Waals surface area contributed by atoms with Crippen LogP contribution in [0.3, 0.4) is 0 Å². The summed E-state index contributed by atoms with van der Waals surface area (Å²) in [7, 11) is 1.60. The molecule has 162 valence electrons. The summed E-state index contributed by atoms with van der Waals surface area (Å²) in [6.07, 6.45) is 1.83. The van der Waals surface area contributed by atoms with E-state index in [1.54, 1.807) is 13.2 Å². The Bertz CT molecular complexity index is 1170. The summed E-state index contributed by atoms with van der Waals surface area (Å²) >= 11 is 0. The lowest BCUT2D eigenvalue weighted by molar-refractivity contribution is -0.119. The second-order valence-electron chi connectivity index (χ2n) is 8.23. The zero-order chi connectivity index (χ0) is 22.2. The van der Waals surface area contributed by atoms with Gasteiger partial charge in [0.25, 0.3) is 5.91 Å². The second kappa shape index (κ2) is 8.11. The maximum atomic E-state index is 13.7. The number of nitrogens with one attached hydrogen (secondary N) is 1. The fourth-order valence-corrected chi connectivity index (χ4v) is 4.52. The van der Waals surface area contributed by atoms with Crippen LogP contribution in [-0.4, -0.2) is 29.9 Å². The van der Waals surface area contributed by atoms with Gasteiger partial charge in [-0.3, -0.25) is 9.59 Å². The van der Waals surface area contributed by atoms with E-state index >= 15 is 0 Å². The van der Waals surface area contributed by atoms with E-state index in [9.17, 15) is 14.0 Å². The number of ether oxygens (including phenoxy) is 1. The lowest BCUT2D eigenvalue weighted by Crippen LogP contribution is -2.47. The van der Waals surface area contributed by atoms with E-state index in [0.29, 0.717) is 22.6 Å². The fourth-order valence-electron chi connectivity index (χ4n) is 4.52. The number of amides is 2. The topological polar surface area (TPSA) is 58.6 Å². The number of nitrogens with zero attached hydrogens (tertiary/aromatic N) is 1. The van der Waals surface area contributed by atoms with Gasteiger partial charge in [-0.15, -0.1) is 0 Å². The molecule has 0 bridgehead atoms. The van der Waals surface area contributed by atoms with Crippen molar-refractivity contribution < 1.29 is 18.7 Å². The molecule has 3 aromatic carbocycles. The quantitative estimate of drug-likeness (QED) is 0.625. The van der Waals surface area contributed by atoms with Crippen LogP contribution in [0.4, 0.5) is 10.1 Å². The largest absolute Gasteiger partial charge is 0.497 e. The molecule has 5 nitrogen and oxygen atoms in total. The van der Waals surface area contributed by atoms with Crippen LogP contribution < -0.4 is 10.1 Å². The number of hydrogen-bond donors (Lipinski definition) is 1. The van der Waals surface area contributed by atoms with Crippen molar-refractivity contribution in [2.45, 2.75) is 30.8 Å². The Hall–Kier alpha value is -3.67. The minimum absolute atomic E-state index is 0.0539. The van der Waals surface area contributed by atoms with E-state index in [0.717, 1.165) is 18.4 Å². The predicted octanol–water partition coefficient (Wildman–Crippen LogP) is 4.92. The highest BCUT2D eigenvalue weighted by Crippen LogP contribution is 2.48. The molecule has 0 radical (unpaired) electrons. The van der Waals surface area contributed by atoms with Crippen LogP contribution in [0.2, 0.25) is 0 Å². The number of halogens is 1. The first-order chi connectivity index (χ1) is 15.6. The van der Waals surface area contributed by atoms with Crippen molar-refractivity contribution in [3.05, 3.63) is 95.3 Å². The van der Waals surface area contributed by atoms with Crippen molar-refractivity contribution in [3.63, 3.8) is 0 Å². The number of hydrogen-bond acceptors (Lipinski definition) is 3. The van der Waals surface area contributed by atoms with Gasteiger partial charge in [-0.1, -0.05) is 30.3 Å². The summed E-state index contributed by atoms with van der Waals surface area (Å²) in [6.45, 7) is 0. The monoisotopic (exact) mass is 430 g/mol. The van der Waals surface area contributed by atoms with Crippen LogP contribution in [0.25, 0.3) is 0 Å². The van der Waals surface area contributed by atoms with E-state index in [2.05, 4.69) is 5.32 Å². The van der Waals surface area contributed by atoms with Crippen LogP contribution in [-0.2, 0) is 4.79 Å². The number of carbonyl (C=O) groups excluding carboxylic acids is 2. The molecular weight excluding hydrogens is 407 g/mol. The van der Waals surface area contributed by atoms with Crippen LogP contribution in [0, 0.1) is 5.82 Å². The van der Waals surface area contributed by atoms with Gasteiger partial charge in [-0.25, -0.2) is 4.39 Å². The molecule has 1 heterocycles. The Kier molecular flexibility index (Phi) is 5.13. The normalized spacial score (nSPS) is 19.9. The molecule has 1 fully saturated rings. The van der Waals surface area contributed by atoms with Crippen molar-refractivity contribution in [2.75, 3.05) is 12.4 Å². The van der Waals surface area contributed by atoms with Gasteiger partial charge in [-0.2, -0.15) is 0 Å². The molecule has 5 rings (SSSR count). The number of rotatable bonds is 5. The Morgan fingerprint density at radius 2 is 1.78 bits per heavy atom. The minimum atomic E-state index is -0.623. The summed E-state index contributed by atoms with van der Waals surface area (Å²) in [5.41, 5.74) is 2.60. The van der Waals surface area contributed by atoms with Crippen molar-refractivity contribution in [3.8, 4) is 5.75 Å². The highest BCUT2D eigenvalue weighted by atomic mass is 19.1.